The van der Waals surface area contributed by atoms with Crippen molar-refractivity contribution in [2.24, 2.45) is 5.92 Å². The van der Waals surface area contributed by atoms with Gasteiger partial charge in [0.05, 0.1) is 0 Å². The fourth-order valence-electron chi connectivity index (χ4n) is 1.24. The molecule has 0 aliphatic heterocycles. The quantitative estimate of drug-likeness (QED) is 0.576. The van der Waals surface area contributed by atoms with Gasteiger partial charge in [0.1, 0.15) is 0 Å². The van der Waals surface area contributed by atoms with Gasteiger partial charge < -0.3 is 10.2 Å². The summed E-state index contributed by atoms with van der Waals surface area (Å²) < 4.78 is 0. The van der Waals surface area contributed by atoms with Crippen LogP contribution in [-0.4, -0.2) is 38.6 Å². The van der Waals surface area contributed by atoms with Gasteiger partial charge in [0.15, 0.2) is 0 Å². The third-order valence-corrected chi connectivity index (χ3v) is 1.62. The summed E-state index contributed by atoms with van der Waals surface area (Å²) in [5.74, 6) is 0.713. The first-order valence-corrected chi connectivity index (χ1v) is 4.14. The van der Waals surface area contributed by atoms with E-state index in [2.05, 4.69) is 30.8 Å². The van der Waals surface area contributed by atoms with Crippen LogP contribution in [0.5, 0.6) is 0 Å². The molecule has 0 aliphatic rings. The lowest BCUT2D eigenvalue weighted by atomic mass is 10.2. The molecule has 0 amide bonds. The molecule has 0 spiro atoms. The predicted molar refractivity (Wildman–Crippen MR) is 50.8 cm³/mol. The molecule has 0 aliphatic carbocycles. The maximum Gasteiger partial charge on any atom is 0.0157 e. The zero-order valence-corrected chi connectivity index (χ0v) is 7.93. The normalized spacial score (nSPS) is 13.5. The average molecular weight is 156 g/mol. The third-order valence-electron chi connectivity index (χ3n) is 1.62. The van der Waals surface area contributed by atoms with Crippen LogP contribution in [0.4, 0.5) is 0 Å². The second kappa shape index (κ2) is 6.38. The Balaban J connectivity index is 3.39. The Labute approximate surface area is 70.3 Å². The predicted octanol–water partition coefficient (Wildman–Crippen LogP) is 0.960. The van der Waals surface area contributed by atoms with Crippen molar-refractivity contribution in [1.82, 2.24) is 10.2 Å². The van der Waals surface area contributed by atoms with Gasteiger partial charge in [0.2, 0.25) is 0 Å². The molecule has 1 N–H and O–H groups in total. The highest BCUT2D eigenvalue weighted by Crippen LogP contribution is 1.95. The minimum atomic E-state index is 0.713. The number of likely N-dealkylation sites (N-methyl/N-ethyl adjacent to an activating group) is 1. The van der Waals surface area contributed by atoms with E-state index in [0.29, 0.717) is 5.92 Å². The molecule has 0 aromatic rings. The van der Waals surface area contributed by atoms with Crippen LogP contribution in [0, 0.1) is 5.92 Å². The minimum absolute atomic E-state index is 0.713. The lowest BCUT2D eigenvalue weighted by Gasteiger charge is -2.19. The highest BCUT2D eigenvalue weighted by Gasteiger charge is 2.02. The smallest absolute Gasteiger partial charge is 0.0157 e. The summed E-state index contributed by atoms with van der Waals surface area (Å²) in [4.78, 5) is 2.27. The van der Waals surface area contributed by atoms with Crippen molar-refractivity contribution < 1.29 is 0 Å². The van der Waals surface area contributed by atoms with Crippen LogP contribution in [0.3, 0.4) is 0 Å². The highest BCUT2D eigenvalue weighted by molar-refractivity contribution is 4.72. The second-order valence-corrected chi connectivity index (χ2v) is 3.17. The van der Waals surface area contributed by atoms with Crippen molar-refractivity contribution in [3.63, 3.8) is 0 Å². The van der Waals surface area contributed by atoms with E-state index in [1.165, 1.54) is 0 Å². The molecule has 1 atom stereocenters. The van der Waals surface area contributed by atoms with Gasteiger partial charge in [0, 0.05) is 13.1 Å². The molecule has 0 bridgehead atoms. The van der Waals surface area contributed by atoms with E-state index in [1.807, 2.05) is 13.1 Å². The van der Waals surface area contributed by atoms with Gasteiger partial charge in [-0.05, 0) is 26.6 Å². The average Bonchev–Trinajstić information content (AvgIpc) is 1.87. The molecule has 0 heterocycles. The van der Waals surface area contributed by atoms with Gasteiger partial charge in [-0.15, -0.1) is 6.58 Å². The van der Waals surface area contributed by atoms with E-state index < -0.39 is 0 Å². The topological polar surface area (TPSA) is 15.3 Å². The van der Waals surface area contributed by atoms with E-state index in [1.54, 1.807) is 0 Å². The maximum atomic E-state index is 3.70. The van der Waals surface area contributed by atoms with Crippen LogP contribution in [0.25, 0.3) is 0 Å². The van der Waals surface area contributed by atoms with Gasteiger partial charge >= 0.3 is 0 Å². The van der Waals surface area contributed by atoms with Gasteiger partial charge in [0.25, 0.3) is 0 Å². The molecular formula is C9H20N2. The van der Waals surface area contributed by atoms with Crippen LogP contribution < -0.4 is 5.32 Å². The summed E-state index contributed by atoms with van der Waals surface area (Å²) in [5, 5.41) is 3.16. The molecule has 0 aromatic heterocycles. The monoisotopic (exact) mass is 156 g/mol. The molecule has 2 heteroatoms. The molecule has 0 rings (SSSR count). The number of nitrogens with one attached hydrogen (secondary N) is 1. The zero-order chi connectivity index (χ0) is 8.69. The van der Waals surface area contributed by atoms with Gasteiger partial charge in [-0.25, -0.2) is 0 Å². The first kappa shape index (κ1) is 10.7. The lowest BCUT2D eigenvalue weighted by Crippen LogP contribution is -2.29. The van der Waals surface area contributed by atoms with Crippen LogP contribution >= 0.6 is 0 Å². The second-order valence-electron chi connectivity index (χ2n) is 3.17. The Morgan fingerprint density at radius 1 is 1.64 bits per heavy atom. The van der Waals surface area contributed by atoms with E-state index in [9.17, 15) is 0 Å². The Kier molecular flexibility index (Phi) is 6.18. The van der Waals surface area contributed by atoms with E-state index in [4.69, 9.17) is 0 Å². The van der Waals surface area contributed by atoms with E-state index in [0.717, 1.165) is 19.6 Å². The van der Waals surface area contributed by atoms with Crippen LogP contribution in [0.15, 0.2) is 12.7 Å². The van der Waals surface area contributed by atoms with Crippen molar-refractivity contribution in [1.29, 1.82) is 0 Å². The van der Waals surface area contributed by atoms with Crippen LogP contribution in [0.2, 0.25) is 0 Å². The summed E-state index contributed by atoms with van der Waals surface area (Å²) in [5.41, 5.74) is 0. The molecule has 0 saturated carbocycles. The summed E-state index contributed by atoms with van der Waals surface area (Å²) in [6, 6.07) is 0. The highest BCUT2D eigenvalue weighted by atomic mass is 15.1. The molecule has 0 fully saturated rings. The van der Waals surface area contributed by atoms with Crippen molar-refractivity contribution in [2.75, 3.05) is 33.7 Å². The Bertz CT molecular complexity index is 102. The molecule has 66 valence electrons. The molecule has 2 nitrogen and oxygen atoms in total. The fraction of sp³-hybridized carbons (Fsp3) is 0.778. The SMILES string of the molecule is C=CCN(C)CC(C)CNC. The zero-order valence-electron chi connectivity index (χ0n) is 7.93. The van der Waals surface area contributed by atoms with Gasteiger partial charge in [-0.1, -0.05) is 13.0 Å². The largest absolute Gasteiger partial charge is 0.319 e. The van der Waals surface area contributed by atoms with Crippen molar-refractivity contribution >= 4 is 0 Å². The molecule has 11 heavy (non-hydrogen) atoms. The van der Waals surface area contributed by atoms with Crippen LogP contribution in [-0.2, 0) is 0 Å². The fourth-order valence-corrected chi connectivity index (χ4v) is 1.24. The van der Waals surface area contributed by atoms with Crippen molar-refractivity contribution in [3.8, 4) is 0 Å². The third kappa shape index (κ3) is 6.07. The maximum absolute atomic E-state index is 3.70. The first-order valence-electron chi connectivity index (χ1n) is 4.14. The Hall–Kier alpha value is -0.340. The minimum Gasteiger partial charge on any atom is -0.319 e. The number of hydrogen-bond acceptors (Lipinski definition) is 2. The molecule has 0 saturated heterocycles. The summed E-state index contributed by atoms with van der Waals surface area (Å²) >= 11 is 0. The lowest BCUT2D eigenvalue weighted by molar-refractivity contribution is 0.309. The Morgan fingerprint density at radius 3 is 2.73 bits per heavy atom. The van der Waals surface area contributed by atoms with Gasteiger partial charge in [-0.3, -0.25) is 0 Å². The first-order chi connectivity index (χ1) is 5.20. The molecule has 0 aromatic carbocycles. The molecule has 1 unspecified atom stereocenters. The number of hydrogen-bond donors (Lipinski definition) is 1. The summed E-state index contributed by atoms with van der Waals surface area (Å²) in [6.45, 7) is 9.14. The van der Waals surface area contributed by atoms with E-state index >= 15 is 0 Å². The standard InChI is InChI=1S/C9H20N2/c1-5-6-11(4)8-9(2)7-10-3/h5,9-10H,1,6-8H2,2-4H3. The van der Waals surface area contributed by atoms with E-state index in [-0.39, 0.29) is 0 Å². The van der Waals surface area contributed by atoms with Gasteiger partial charge in [-0.2, -0.15) is 0 Å². The van der Waals surface area contributed by atoms with Crippen LogP contribution in [0.1, 0.15) is 6.92 Å². The summed E-state index contributed by atoms with van der Waals surface area (Å²) in [7, 11) is 4.11. The molecule has 0 radical (unpaired) electrons. The molecular weight excluding hydrogens is 136 g/mol. The number of nitrogens with zero attached hydrogens (tertiary/aromatic N) is 1. The Morgan fingerprint density at radius 2 is 2.27 bits per heavy atom. The summed E-state index contributed by atoms with van der Waals surface area (Å²) in [6.07, 6.45) is 1.94. The van der Waals surface area contributed by atoms with Crippen molar-refractivity contribution in [3.05, 3.63) is 12.7 Å². The van der Waals surface area contributed by atoms with Crippen molar-refractivity contribution in [2.45, 2.75) is 6.92 Å². The number of rotatable bonds is 6.